The lowest BCUT2D eigenvalue weighted by Crippen LogP contribution is -2.47. The van der Waals surface area contributed by atoms with Gasteiger partial charge in [0.2, 0.25) is 0 Å². The van der Waals surface area contributed by atoms with Gasteiger partial charge in [-0.2, -0.15) is 0 Å². The number of carbonyl (C=O) groups is 1. The van der Waals surface area contributed by atoms with E-state index < -0.39 is 15.4 Å². The summed E-state index contributed by atoms with van der Waals surface area (Å²) in [4.78, 5) is 16.0. The second-order valence-corrected chi connectivity index (χ2v) is 7.12. The molecule has 1 atom stereocenters. The highest BCUT2D eigenvalue weighted by Crippen LogP contribution is 2.23. The van der Waals surface area contributed by atoms with Gasteiger partial charge < -0.3 is 10.7 Å². The third-order valence-electron chi connectivity index (χ3n) is 3.08. The molecule has 19 heavy (non-hydrogen) atoms. The Morgan fingerprint density at radius 1 is 1.47 bits per heavy atom. The van der Waals surface area contributed by atoms with Crippen LogP contribution in [0.25, 0.3) is 0 Å². The monoisotopic (exact) mass is 284 g/mol. The van der Waals surface area contributed by atoms with Crippen LogP contribution in [0.4, 0.5) is 5.69 Å². The average molecular weight is 284 g/mol. The van der Waals surface area contributed by atoms with E-state index in [0.29, 0.717) is 12.1 Å². The standard InChI is InChI=1S/C11H16N4O3S/c1-11(4-5-19(17,18)7-11)14-10(16)9-3-2-8(15-12)6-13-9/h2-3,6,15H,4-5,7,12H2,1H3,(H,14,16). The molecule has 2 rings (SSSR count). The first-order chi connectivity index (χ1) is 8.84. The van der Waals surface area contributed by atoms with Gasteiger partial charge in [-0.3, -0.25) is 10.6 Å². The lowest BCUT2D eigenvalue weighted by Gasteiger charge is -2.23. The SMILES string of the molecule is CC1(NC(=O)c2ccc(NN)cn2)CCS(=O)(=O)C1. The lowest BCUT2D eigenvalue weighted by molar-refractivity contribution is 0.0910. The van der Waals surface area contributed by atoms with Gasteiger partial charge in [-0.05, 0) is 25.5 Å². The van der Waals surface area contributed by atoms with Crippen molar-refractivity contribution in [2.24, 2.45) is 5.84 Å². The van der Waals surface area contributed by atoms with E-state index in [0.717, 1.165) is 0 Å². The van der Waals surface area contributed by atoms with Crippen LogP contribution in [-0.2, 0) is 9.84 Å². The molecule has 0 radical (unpaired) electrons. The van der Waals surface area contributed by atoms with Crippen molar-refractivity contribution in [3.05, 3.63) is 24.0 Å². The molecule has 4 N–H and O–H groups in total. The molecule has 1 aliphatic rings. The minimum absolute atomic E-state index is 0.0336. The number of aromatic nitrogens is 1. The van der Waals surface area contributed by atoms with Crippen molar-refractivity contribution in [3.8, 4) is 0 Å². The Morgan fingerprint density at radius 3 is 2.68 bits per heavy atom. The van der Waals surface area contributed by atoms with E-state index in [1.807, 2.05) is 0 Å². The summed E-state index contributed by atoms with van der Waals surface area (Å²) >= 11 is 0. The fraction of sp³-hybridized carbons (Fsp3) is 0.455. The number of pyridine rings is 1. The molecule has 2 heterocycles. The number of amides is 1. The summed E-state index contributed by atoms with van der Waals surface area (Å²) < 4.78 is 22.9. The van der Waals surface area contributed by atoms with Gasteiger partial charge in [-0.1, -0.05) is 0 Å². The van der Waals surface area contributed by atoms with Crippen LogP contribution in [-0.4, -0.2) is 36.4 Å². The number of nitrogens with zero attached hydrogens (tertiary/aromatic N) is 1. The van der Waals surface area contributed by atoms with Gasteiger partial charge in [0.05, 0.1) is 28.9 Å². The average Bonchev–Trinajstić information content (AvgIpc) is 2.63. The summed E-state index contributed by atoms with van der Waals surface area (Å²) in [5.41, 5.74) is 2.51. The molecule has 104 valence electrons. The molecule has 1 amide bonds. The molecule has 1 aromatic rings. The van der Waals surface area contributed by atoms with Crippen molar-refractivity contribution >= 4 is 21.4 Å². The molecule has 1 aliphatic heterocycles. The van der Waals surface area contributed by atoms with Gasteiger partial charge >= 0.3 is 0 Å². The van der Waals surface area contributed by atoms with Crippen molar-refractivity contribution in [2.45, 2.75) is 18.9 Å². The van der Waals surface area contributed by atoms with Crippen LogP contribution in [0.15, 0.2) is 18.3 Å². The Balaban J connectivity index is 2.08. The molecule has 1 fully saturated rings. The van der Waals surface area contributed by atoms with Crippen LogP contribution in [0.2, 0.25) is 0 Å². The first kappa shape index (κ1) is 13.8. The van der Waals surface area contributed by atoms with Crippen LogP contribution >= 0.6 is 0 Å². The maximum absolute atomic E-state index is 12.0. The summed E-state index contributed by atoms with van der Waals surface area (Å²) in [6.07, 6.45) is 1.85. The third-order valence-corrected chi connectivity index (χ3v) is 4.98. The Morgan fingerprint density at radius 2 is 2.21 bits per heavy atom. The zero-order valence-corrected chi connectivity index (χ0v) is 11.3. The van der Waals surface area contributed by atoms with E-state index in [1.165, 1.54) is 12.3 Å². The minimum atomic E-state index is -3.05. The molecule has 0 spiro atoms. The van der Waals surface area contributed by atoms with E-state index in [-0.39, 0.29) is 23.1 Å². The molecule has 1 saturated heterocycles. The highest BCUT2D eigenvalue weighted by Gasteiger charge is 2.39. The maximum atomic E-state index is 12.0. The molecule has 1 unspecified atom stereocenters. The number of nitrogen functional groups attached to an aromatic ring is 1. The highest BCUT2D eigenvalue weighted by atomic mass is 32.2. The highest BCUT2D eigenvalue weighted by molar-refractivity contribution is 7.91. The largest absolute Gasteiger partial charge is 0.344 e. The first-order valence-electron chi connectivity index (χ1n) is 5.79. The number of rotatable bonds is 3. The second kappa shape index (κ2) is 4.78. The maximum Gasteiger partial charge on any atom is 0.270 e. The third kappa shape index (κ3) is 3.21. The van der Waals surface area contributed by atoms with Crippen molar-refractivity contribution in [3.63, 3.8) is 0 Å². The van der Waals surface area contributed by atoms with Gasteiger partial charge in [-0.15, -0.1) is 0 Å². The van der Waals surface area contributed by atoms with Crippen LogP contribution in [0.5, 0.6) is 0 Å². The van der Waals surface area contributed by atoms with Crippen LogP contribution in [0, 0.1) is 0 Å². The zero-order valence-electron chi connectivity index (χ0n) is 10.5. The topological polar surface area (TPSA) is 114 Å². The molecular weight excluding hydrogens is 268 g/mol. The van der Waals surface area contributed by atoms with Gasteiger partial charge in [0, 0.05) is 0 Å². The number of carbonyl (C=O) groups excluding carboxylic acids is 1. The van der Waals surface area contributed by atoms with Crippen molar-refractivity contribution in [1.29, 1.82) is 0 Å². The van der Waals surface area contributed by atoms with E-state index in [4.69, 9.17) is 5.84 Å². The van der Waals surface area contributed by atoms with E-state index in [2.05, 4.69) is 15.7 Å². The van der Waals surface area contributed by atoms with Crippen molar-refractivity contribution in [1.82, 2.24) is 10.3 Å². The number of anilines is 1. The fourth-order valence-corrected chi connectivity index (χ4v) is 4.15. The first-order valence-corrected chi connectivity index (χ1v) is 7.61. The summed E-state index contributed by atoms with van der Waals surface area (Å²) in [6.45, 7) is 1.73. The number of hydrogen-bond donors (Lipinski definition) is 3. The molecule has 0 saturated carbocycles. The number of hydrazine groups is 1. The van der Waals surface area contributed by atoms with Gasteiger partial charge in [0.15, 0.2) is 9.84 Å². The minimum Gasteiger partial charge on any atom is -0.344 e. The summed E-state index contributed by atoms with van der Waals surface area (Å²) in [6, 6.07) is 3.15. The van der Waals surface area contributed by atoms with Crippen molar-refractivity contribution in [2.75, 3.05) is 16.9 Å². The molecule has 8 heteroatoms. The predicted octanol–water partition coefficient (Wildman–Crippen LogP) is -0.326. The van der Waals surface area contributed by atoms with Gasteiger partial charge in [-0.25, -0.2) is 13.4 Å². The Bertz CT molecular complexity index is 584. The summed E-state index contributed by atoms with van der Waals surface area (Å²) in [7, 11) is -3.05. The van der Waals surface area contributed by atoms with Crippen LogP contribution in [0.1, 0.15) is 23.8 Å². The normalized spacial score (nSPS) is 24.9. The molecule has 0 bridgehead atoms. The van der Waals surface area contributed by atoms with Crippen LogP contribution in [0.3, 0.4) is 0 Å². The Hall–Kier alpha value is -1.67. The summed E-state index contributed by atoms with van der Waals surface area (Å²) in [5.74, 6) is 4.89. The van der Waals surface area contributed by atoms with E-state index in [9.17, 15) is 13.2 Å². The second-order valence-electron chi connectivity index (χ2n) is 4.93. The number of nitrogens with two attached hydrogens (primary N) is 1. The molecular formula is C11H16N4O3S. The molecule has 7 nitrogen and oxygen atoms in total. The Kier molecular flexibility index (Phi) is 3.46. The Labute approximate surface area is 111 Å². The molecule has 0 aliphatic carbocycles. The number of nitrogens with one attached hydrogen (secondary N) is 2. The molecule has 0 aromatic carbocycles. The summed E-state index contributed by atoms with van der Waals surface area (Å²) in [5, 5.41) is 2.73. The predicted molar refractivity (Wildman–Crippen MR) is 71.2 cm³/mol. The van der Waals surface area contributed by atoms with Crippen LogP contribution < -0.4 is 16.6 Å². The molecule has 1 aromatic heterocycles. The fourth-order valence-electron chi connectivity index (χ4n) is 2.06. The van der Waals surface area contributed by atoms with E-state index in [1.54, 1.807) is 13.0 Å². The number of hydrogen-bond acceptors (Lipinski definition) is 6. The zero-order chi connectivity index (χ0) is 14.1. The quantitative estimate of drug-likeness (QED) is 0.517. The lowest BCUT2D eigenvalue weighted by atomic mass is 10.0. The van der Waals surface area contributed by atoms with Gasteiger partial charge in [0.25, 0.3) is 5.91 Å². The van der Waals surface area contributed by atoms with E-state index >= 15 is 0 Å². The van der Waals surface area contributed by atoms with Gasteiger partial charge in [0.1, 0.15) is 5.69 Å². The van der Waals surface area contributed by atoms with Crippen molar-refractivity contribution < 1.29 is 13.2 Å². The number of sulfone groups is 1. The smallest absolute Gasteiger partial charge is 0.270 e.